The van der Waals surface area contributed by atoms with Crippen LogP contribution in [0.25, 0.3) is 10.9 Å². The fraction of sp³-hybridized carbons (Fsp3) is 0.561. The van der Waals surface area contributed by atoms with Gasteiger partial charge in [0, 0.05) is 90.8 Å². The number of nitrogens with one attached hydrogen (secondary N) is 3. The zero-order valence-corrected chi connectivity index (χ0v) is 49.2. The number of methoxy groups -OCH3 is 2. The number of para-hydroxylation sites is 1. The van der Waals surface area contributed by atoms with Crippen molar-refractivity contribution >= 4 is 69.8 Å². The fourth-order valence-electron chi connectivity index (χ4n) is 10.4. The molecule has 0 saturated carbocycles. The van der Waals surface area contributed by atoms with E-state index in [0.29, 0.717) is 30.9 Å². The van der Waals surface area contributed by atoms with Crippen molar-refractivity contribution in [3.63, 3.8) is 0 Å². The first-order valence-electron chi connectivity index (χ1n) is 27.3. The molecule has 450 valence electrons. The normalized spacial score (nSPS) is 24.3. The third-order valence-corrected chi connectivity index (χ3v) is 15.9. The lowest BCUT2D eigenvalue weighted by molar-refractivity contribution is -0.162. The number of fused-ring (bicyclic) bond motifs is 6. The standard InChI is InChI=1S/C57H80ClN9O15/c1-35-14-13-17-45(79-10)57(77)31-44(80-55(76)61-57)36(2)53-56(4,82-53)46(30-49(72)64(8)42-27-38(26-35)28-43(78-9)52(42)58)81-54(75)37(3)63(7)48(71)19-20-65(22-24-68)51(74)34-66(23-25-69)50(73)32-60-47(70)18-21-67-40(33-62(6)59-5)29-39-15-11-12-16-41(39)67/h11-17,27-29,36-37,44-46,53,59,68-69,77H,18-26,30-34H2,1-10H3,(H,60,70)(H,61,76)/b17-13+,35-14+/t36-,37+,44+,45-,46+,53?,56+,57+/m1/s1. The molecule has 24 nitrogen and oxygen atoms in total. The highest BCUT2D eigenvalue weighted by molar-refractivity contribution is 6.35. The summed E-state index contributed by atoms with van der Waals surface area (Å²) >= 11 is 6.83. The van der Waals surface area contributed by atoms with Gasteiger partial charge in [-0.3, -0.25) is 34.7 Å². The number of benzene rings is 2. The maximum Gasteiger partial charge on any atom is 0.409 e. The van der Waals surface area contributed by atoms with Gasteiger partial charge in [0.25, 0.3) is 0 Å². The molecule has 2 aromatic carbocycles. The van der Waals surface area contributed by atoms with Gasteiger partial charge in [0.15, 0.2) is 5.72 Å². The number of hydrogen-bond acceptors (Lipinski definition) is 17. The van der Waals surface area contributed by atoms with E-state index < -0.39 is 122 Å². The summed E-state index contributed by atoms with van der Waals surface area (Å²) < 4.78 is 31.5. The molecule has 6 amide bonds. The van der Waals surface area contributed by atoms with Gasteiger partial charge in [-0.2, -0.15) is 0 Å². The predicted octanol–water partition coefficient (Wildman–Crippen LogP) is 2.27. The van der Waals surface area contributed by atoms with Crippen LogP contribution in [-0.2, 0) is 67.2 Å². The second kappa shape index (κ2) is 28.6. The molecular formula is C57H80ClN9O15. The van der Waals surface area contributed by atoms with Crippen molar-refractivity contribution in [3.8, 4) is 5.75 Å². The number of epoxide rings is 1. The van der Waals surface area contributed by atoms with Gasteiger partial charge in [-0.25, -0.2) is 14.6 Å². The Morgan fingerprint density at radius 3 is 2.38 bits per heavy atom. The van der Waals surface area contributed by atoms with E-state index >= 15 is 0 Å². The number of alkyl carbamates (subject to hydrolysis) is 1. The average Bonchev–Trinajstić information content (AvgIpc) is 4.01. The number of halogens is 1. The number of rotatable bonds is 22. The number of carbonyl (C=O) groups is 7. The molecule has 3 aliphatic heterocycles. The number of nitrogens with zero attached hydrogens (tertiary/aromatic N) is 6. The number of hydrazine groups is 1. The smallest absolute Gasteiger partial charge is 0.409 e. The Balaban J connectivity index is 1.12. The Morgan fingerprint density at radius 2 is 1.70 bits per heavy atom. The number of aromatic nitrogens is 1. The van der Waals surface area contributed by atoms with Crippen molar-refractivity contribution in [2.45, 2.75) is 115 Å². The lowest BCUT2D eigenvalue weighted by Crippen LogP contribution is -2.63. The molecule has 0 aliphatic carbocycles. The van der Waals surface area contributed by atoms with Crippen molar-refractivity contribution in [2.75, 3.05) is 93.2 Å². The first-order valence-corrected chi connectivity index (χ1v) is 27.6. The van der Waals surface area contributed by atoms with Crippen LogP contribution in [0.5, 0.6) is 5.75 Å². The van der Waals surface area contributed by atoms with Gasteiger partial charge < -0.3 is 68.5 Å². The molecular weight excluding hydrogens is 1090 g/mol. The first-order chi connectivity index (χ1) is 38.9. The van der Waals surface area contributed by atoms with Crippen LogP contribution in [0.4, 0.5) is 10.5 Å². The number of allylic oxidation sites excluding steroid dienone is 3. The predicted molar refractivity (Wildman–Crippen MR) is 303 cm³/mol. The Kier molecular flexibility index (Phi) is 22.5. The summed E-state index contributed by atoms with van der Waals surface area (Å²) in [5, 5.41) is 39.9. The molecule has 2 fully saturated rings. The van der Waals surface area contributed by atoms with Crippen LogP contribution in [0.15, 0.2) is 66.3 Å². The van der Waals surface area contributed by atoms with Crippen molar-refractivity contribution < 1.29 is 72.6 Å². The van der Waals surface area contributed by atoms with Crippen LogP contribution in [0.1, 0.15) is 64.6 Å². The van der Waals surface area contributed by atoms with Crippen LogP contribution in [0.2, 0.25) is 5.02 Å². The molecule has 2 saturated heterocycles. The number of aliphatic hydroxyl groups is 3. The third kappa shape index (κ3) is 15.7. The van der Waals surface area contributed by atoms with Crippen LogP contribution in [0, 0.1) is 5.92 Å². The van der Waals surface area contributed by atoms with Crippen molar-refractivity contribution in [1.82, 2.24) is 40.3 Å². The molecule has 0 spiro atoms. The lowest BCUT2D eigenvalue weighted by Gasteiger charge is -2.42. The summed E-state index contributed by atoms with van der Waals surface area (Å²) in [6, 6.07) is 12.1. The van der Waals surface area contributed by atoms with Crippen LogP contribution in [0.3, 0.4) is 0 Å². The average molecular weight is 1170 g/mol. The van der Waals surface area contributed by atoms with E-state index in [1.165, 1.54) is 45.0 Å². The summed E-state index contributed by atoms with van der Waals surface area (Å²) in [4.78, 5) is 101. The summed E-state index contributed by atoms with van der Waals surface area (Å²) in [6.07, 6.45) is -0.265. The van der Waals surface area contributed by atoms with Crippen LogP contribution in [-0.4, -0.2) is 211 Å². The highest BCUT2D eigenvalue weighted by Crippen LogP contribution is 2.49. The van der Waals surface area contributed by atoms with Crippen LogP contribution >= 0.6 is 11.6 Å². The molecule has 6 rings (SSSR count). The van der Waals surface area contributed by atoms with Crippen LogP contribution < -0.4 is 25.7 Å². The molecule has 8 atom stereocenters. The largest absolute Gasteiger partial charge is 0.495 e. The molecule has 6 N–H and O–H groups in total. The lowest BCUT2D eigenvalue weighted by atomic mass is 9.83. The highest BCUT2D eigenvalue weighted by Gasteiger charge is 2.64. The monoisotopic (exact) mass is 1170 g/mol. The number of hydrogen-bond donors (Lipinski definition) is 6. The molecule has 3 aliphatic rings. The molecule has 4 bridgehead atoms. The number of carbonyl (C=O) groups excluding carboxylic acids is 7. The number of amides is 6. The van der Waals surface area contributed by atoms with Crippen molar-refractivity contribution in [3.05, 3.63) is 82.5 Å². The highest BCUT2D eigenvalue weighted by atomic mass is 35.5. The first kappa shape index (κ1) is 64.5. The summed E-state index contributed by atoms with van der Waals surface area (Å²) in [6.45, 7) is 4.93. The Morgan fingerprint density at radius 1 is 0.988 bits per heavy atom. The number of aliphatic hydroxyl groups excluding tert-OH is 2. The second-order valence-corrected chi connectivity index (χ2v) is 21.6. The van der Waals surface area contributed by atoms with E-state index in [-0.39, 0.29) is 43.9 Å². The number of esters is 1. The number of likely N-dealkylation sites (N-methyl/N-ethyl adjacent to an activating group) is 1. The summed E-state index contributed by atoms with van der Waals surface area (Å²) in [5.41, 5.74) is 3.65. The van der Waals surface area contributed by atoms with Crippen molar-refractivity contribution in [1.29, 1.82) is 0 Å². The minimum atomic E-state index is -1.91. The second-order valence-electron chi connectivity index (χ2n) is 21.2. The molecule has 25 heteroatoms. The molecule has 4 heterocycles. The topological polar surface area (TPSA) is 287 Å². The van der Waals surface area contributed by atoms with Gasteiger partial charge in [-0.05, 0) is 69.5 Å². The Bertz CT molecular complexity index is 2870. The fourth-order valence-corrected chi connectivity index (χ4v) is 10.7. The van der Waals surface area contributed by atoms with E-state index in [1.807, 2.05) is 60.9 Å². The minimum absolute atomic E-state index is 0.0508. The molecule has 3 aromatic rings. The number of ether oxygens (including phenoxy) is 5. The maximum absolute atomic E-state index is 14.5. The quantitative estimate of drug-likeness (QED) is 0.0478. The van der Waals surface area contributed by atoms with Crippen molar-refractivity contribution in [2.24, 2.45) is 5.92 Å². The molecule has 1 unspecified atom stereocenters. The van der Waals surface area contributed by atoms with E-state index in [2.05, 4.69) is 22.1 Å². The molecule has 0 radical (unpaired) electrons. The SMILES string of the molecule is CNN(C)Cc1cc2ccccc2n1CCC(=O)NCC(=O)N(CCO)CC(=O)N(CCO)CCC(=O)N(C)[C@@H](C)C(=O)O[C@H]1CC(=O)N(C)c2cc(cc(OC)c2Cl)C/C(C)=C/C=C/[C@@H](OC)[C@@]2(O)C[C@H](OC(=O)N2)[C@@H](C)C2O[C@]21C. The van der Waals surface area contributed by atoms with E-state index in [1.54, 1.807) is 38.1 Å². The zero-order chi connectivity index (χ0) is 60.2. The maximum atomic E-state index is 14.5. The molecule has 1 aromatic heterocycles. The zero-order valence-electron chi connectivity index (χ0n) is 48.4. The summed E-state index contributed by atoms with van der Waals surface area (Å²) in [5.74, 6) is -4.08. The third-order valence-electron chi connectivity index (χ3n) is 15.6. The van der Waals surface area contributed by atoms with E-state index in [9.17, 15) is 48.9 Å². The van der Waals surface area contributed by atoms with Gasteiger partial charge in [-0.1, -0.05) is 60.5 Å². The Hall–Kier alpha value is -6.64. The van der Waals surface area contributed by atoms with E-state index in [0.717, 1.165) is 37.5 Å². The minimum Gasteiger partial charge on any atom is -0.495 e. The Labute approximate surface area is 483 Å². The molecule has 82 heavy (non-hydrogen) atoms. The number of aryl methyl sites for hydroxylation is 1. The van der Waals surface area contributed by atoms with Gasteiger partial charge in [-0.15, -0.1) is 0 Å². The van der Waals surface area contributed by atoms with Gasteiger partial charge >= 0.3 is 12.1 Å². The van der Waals surface area contributed by atoms with Gasteiger partial charge in [0.1, 0.15) is 40.7 Å². The van der Waals surface area contributed by atoms with Gasteiger partial charge in [0.2, 0.25) is 29.5 Å². The van der Waals surface area contributed by atoms with E-state index in [4.69, 9.17) is 35.3 Å². The summed E-state index contributed by atoms with van der Waals surface area (Å²) in [7, 11) is 9.45. The van der Waals surface area contributed by atoms with Gasteiger partial charge in [0.05, 0.1) is 58.2 Å². The number of anilines is 1.